The lowest BCUT2D eigenvalue weighted by atomic mass is 10.1. The van der Waals surface area contributed by atoms with Crippen LogP contribution in [0.5, 0.6) is 0 Å². The van der Waals surface area contributed by atoms with E-state index in [1.165, 1.54) is 24.3 Å². The summed E-state index contributed by atoms with van der Waals surface area (Å²) < 4.78 is 29.9. The number of carbonyl (C=O) groups is 1. The predicted molar refractivity (Wildman–Crippen MR) is 101 cm³/mol. The third kappa shape index (κ3) is 4.93. The molecule has 0 aliphatic rings. The number of hydrogen-bond donors (Lipinski definition) is 1. The summed E-state index contributed by atoms with van der Waals surface area (Å²) in [5, 5.41) is 10.5. The molecule has 7 nitrogen and oxygen atoms in total. The van der Waals surface area contributed by atoms with Crippen LogP contribution in [-0.2, 0) is 14.6 Å². The van der Waals surface area contributed by atoms with Crippen LogP contribution in [0.15, 0.2) is 57.8 Å². The summed E-state index contributed by atoms with van der Waals surface area (Å²) in [6, 6.07) is 13.2. The second-order valence-corrected chi connectivity index (χ2v) is 8.39. The number of rotatable bonds is 6. The molecule has 0 bridgehead atoms. The largest absolute Gasteiger partial charge is 0.403 e. The van der Waals surface area contributed by atoms with E-state index >= 15 is 0 Å². The number of carbonyl (C=O) groups excluding carboxylic acids is 1. The van der Waals surface area contributed by atoms with E-state index in [2.05, 4.69) is 15.5 Å². The smallest absolute Gasteiger partial charge is 0.322 e. The fraction of sp³-hybridized carbons (Fsp3) is 0.167. The van der Waals surface area contributed by atoms with Gasteiger partial charge in [0, 0.05) is 17.0 Å². The van der Waals surface area contributed by atoms with Crippen molar-refractivity contribution in [3.05, 3.63) is 59.1 Å². The van der Waals surface area contributed by atoms with Gasteiger partial charge in [0.15, 0.2) is 9.84 Å². The van der Waals surface area contributed by atoms with E-state index in [1.807, 2.05) is 31.2 Å². The van der Waals surface area contributed by atoms with Crippen LogP contribution in [0, 0.1) is 6.92 Å². The molecule has 0 saturated carbocycles. The SMILES string of the molecule is Cc1ccc(-c2nnc(NC(=O)CCS(=O)(=O)c3ccc(Cl)cc3)o2)cc1. The van der Waals surface area contributed by atoms with Crippen molar-refractivity contribution in [2.75, 3.05) is 11.1 Å². The fourth-order valence-corrected chi connectivity index (χ4v) is 3.62. The van der Waals surface area contributed by atoms with Crippen molar-refractivity contribution in [3.63, 3.8) is 0 Å². The molecule has 1 amide bonds. The molecule has 0 aliphatic carbocycles. The molecule has 9 heteroatoms. The quantitative estimate of drug-likeness (QED) is 0.673. The molecule has 1 aromatic heterocycles. The lowest BCUT2D eigenvalue weighted by Crippen LogP contribution is -2.17. The molecule has 0 radical (unpaired) electrons. The van der Waals surface area contributed by atoms with E-state index in [9.17, 15) is 13.2 Å². The van der Waals surface area contributed by atoms with E-state index in [4.69, 9.17) is 16.0 Å². The average Bonchev–Trinajstić information content (AvgIpc) is 3.09. The number of nitrogens with one attached hydrogen (secondary N) is 1. The van der Waals surface area contributed by atoms with Crippen LogP contribution in [0.3, 0.4) is 0 Å². The van der Waals surface area contributed by atoms with Crippen LogP contribution in [0.4, 0.5) is 6.01 Å². The number of hydrogen-bond acceptors (Lipinski definition) is 6. The first-order valence-electron chi connectivity index (χ1n) is 8.02. The number of aryl methyl sites for hydroxylation is 1. The number of amides is 1. The van der Waals surface area contributed by atoms with E-state index in [0.717, 1.165) is 11.1 Å². The molecule has 27 heavy (non-hydrogen) atoms. The Bertz CT molecular complexity index is 1040. The van der Waals surface area contributed by atoms with E-state index in [0.29, 0.717) is 5.02 Å². The first kappa shape index (κ1) is 19.1. The highest BCUT2D eigenvalue weighted by molar-refractivity contribution is 7.91. The van der Waals surface area contributed by atoms with Gasteiger partial charge in [-0.15, -0.1) is 5.10 Å². The number of benzene rings is 2. The Morgan fingerprint density at radius 3 is 2.41 bits per heavy atom. The summed E-state index contributed by atoms with van der Waals surface area (Å²) in [5.74, 6) is -0.620. The molecule has 0 atom stereocenters. The van der Waals surface area contributed by atoms with Gasteiger partial charge in [-0.25, -0.2) is 8.42 Å². The molecule has 0 unspecified atom stereocenters. The maximum atomic E-state index is 12.2. The highest BCUT2D eigenvalue weighted by atomic mass is 35.5. The summed E-state index contributed by atoms with van der Waals surface area (Å²) in [6.45, 7) is 1.96. The standard InChI is InChI=1S/C18H16ClN3O4S/c1-12-2-4-13(5-3-12)17-21-22-18(26-17)20-16(23)10-11-27(24,25)15-8-6-14(19)7-9-15/h2-9H,10-11H2,1H3,(H,20,22,23). The molecular formula is C18H16ClN3O4S. The predicted octanol–water partition coefficient (Wildman–Crippen LogP) is 3.50. The van der Waals surface area contributed by atoms with Gasteiger partial charge >= 0.3 is 6.01 Å². The van der Waals surface area contributed by atoms with Crippen LogP contribution in [0.2, 0.25) is 5.02 Å². The Balaban J connectivity index is 1.59. The van der Waals surface area contributed by atoms with Crippen LogP contribution in [0.25, 0.3) is 11.5 Å². The number of aromatic nitrogens is 2. The van der Waals surface area contributed by atoms with Crippen LogP contribution in [-0.4, -0.2) is 30.3 Å². The molecule has 0 aliphatic heterocycles. The van der Waals surface area contributed by atoms with Crippen molar-refractivity contribution in [2.24, 2.45) is 0 Å². The van der Waals surface area contributed by atoms with Crippen molar-refractivity contribution in [1.82, 2.24) is 10.2 Å². The van der Waals surface area contributed by atoms with Gasteiger partial charge in [0.1, 0.15) is 0 Å². The van der Waals surface area contributed by atoms with Crippen LogP contribution < -0.4 is 5.32 Å². The van der Waals surface area contributed by atoms with Crippen molar-refractivity contribution >= 4 is 33.4 Å². The Morgan fingerprint density at radius 2 is 1.74 bits per heavy atom. The third-order valence-electron chi connectivity index (χ3n) is 3.74. The second kappa shape index (κ2) is 7.89. The Kier molecular flexibility index (Phi) is 5.57. The van der Waals surface area contributed by atoms with Gasteiger partial charge in [0.25, 0.3) is 0 Å². The van der Waals surface area contributed by atoms with Crippen LogP contribution in [0.1, 0.15) is 12.0 Å². The van der Waals surface area contributed by atoms with Gasteiger partial charge in [-0.05, 0) is 43.3 Å². The zero-order chi connectivity index (χ0) is 19.4. The minimum atomic E-state index is -3.59. The first-order valence-corrected chi connectivity index (χ1v) is 10.1. The highest BCUT2D eigenvalue weighted by Crippen LogP contribution is 2.20. The van der Waals surface area contributed by atoms with E-state index in [1.54, 1.807) is 0 Å². The van der Waals surface area contributed by atoms with Crippen molar-refractivity contribution in [2.45, 2.75) is 18.2 Å². The molecule has 0 saturated heterocycles. The molecule has 1 heterocycles. The maximum absolute atomic E-state index is 12.2. The molecule has 0 spiro atoms. The molecule has 3 aromatic rings. The summed E-state index contributed by atoms with van der Waals surface area (Å²) in [5.41, 5.74) is 1.81. The van der Waals surface area contributed by atoms with Crippen molar-refractivity contribution in [1.29, 1.82) is 0 Å². The normalized spacial score (nSPS) is 11.3. The van der Waals surface area contributed by atoms with Gasteiger partial charge < -0.3 is 4.42 Å². The zero-order valence-corrected chi connectivity index (χ0v) is 15.9. The first-order chi connectivity index (χ1) is 12.8. The third-order valence-corrected chi connectivity index (χ3v) is 5.72. The fourth-order valence-electron chi connectivity index (χ4n) is 2.26. The van der Waals surface area contributed by atoms with Crippen molar-refractivity contribution in [3.8, 4) is 11.5 Å². The summed E-state index contributed by atoms with van der Waals surface area (Å²) in [4.78, 5) is 12.1. The van der Waals surface area contributed by atoms with Crippen LogP contribution >= 0.6 is 11.6 Å². The number of anilines is 1. The second-order valence-electron chi connectivity index (χ2n) is 5.85. The minimum absolute atomic E-state index is 0.0838. The Hall–Kier alpha value is -2.71. The lowest BCUT2D eigenvalue weighted by molar-refractivity contribution is -0.115. The van der Waals surface area contributed by atoms with Gasteiger partial charge in [-0.2, -0.15) is 0 Å². The van der Waals surface area contributed by atoms with Gasteiger partial charge in [-0.3, -0.25) is 10.1 Å². The molecule has 1 N–H and O–H groups in total. The molecular weight excluding hydrogens is 390 g/mol. The van der Waals surface area contributed by atoms with E-state index < -0.39 is 15.7 Å². The minimum Gasteiger partial charge on any atom is -0.403 e. The topological polar surface area (TPSA) is 102 Å². The van der Waals surface area contributed by atoms with E-state index in [-0.39, 0.29) is 29.0 Å². The maximum Gasteiger partial charge on any atom is 0.322 e. The molecule has 3 rings (SSSR count). The Morgan fingerprint density at radius 1 is 1.07 bits per heavy atom. The monoisotopic (exact) mass is 405 g/mol. The van der Waals surface area contributed by atoms with Crippen molar-refractivity contribution < 1.29 is 17.6 Å². The van der Waals surface area contributed by atoms with Gasteiger partial charge in [-0.1, -0.05) is 34.4 Å². The summed E-state index contributed by atoms with van der Waals surface area (Å²) in [7, 11) is -3.59. The van der Waals surface area contributed by atoms with Gasteiger partial charge in [0.2, 0.25) is 11.8 Å². The Labute approximate surface area is 161 Å². The summed E-state index contributed by atoms with van der Waals surface area (Å²) >= 11 is 5.75. The highest BCUT2D eigenvalue weighted by Gasteiger charge is 2.18. The zero-order valence-electron chi connectivity index (χ0n) is 14.3. The average molecular weight is 406 g/mol. The summed E-state index contributed by atoms with van der Waals surface area (Å²) in [6.07, 6.45) is -0.243. The molecule has 2 aromatic carbocycles. The number of sulfone groups is 1. The molecule has 0 fully saturated rings. The number of halogens is 1. The molecule has 140 valence electrons. The lowest BCUT2D eigenvalue weighted by Gasteiger charge is -2.04. The van der Waals surface area contributed by atoms with Gasteiger partial charge in [0.05, 0.1) is 10.6 Å². The number of nitrogens with zero attached hydrogens (tertiary/aromatic N) is 2.